The van der Waals surface area contributed by atoms with Crippen molar-refractivity contribution in [1.82, 2.24) is 9.47 Å². The lowest BCUT2D eigenvalue weighted by Crippen LogP contribution is -2.54. The Kier molecular flexibility index (Phi) is 5.29. The predicted molar refractivity (Wildman–Crippen MR) is 107 cm³/mol. The van der Waals surface area contributed by atoms with Gasteiger partial charge in [-0.2, -0.15) is 0 Å². The highest BCUT2D eigenvalue weighted by molar-refractivity contribution is 6.30. The number of hydrogen-bond donors (Lipinski definition) is 1. The number of benzene rings is 1. The van der Waals surface area contributed by atoms with E-state index in [1.54, 1.807) is 0 Å². The van der Waals surface area contributed by atoms with Gasteiger partial charge in [0.2, 0.25) is 5.91 Å². The first-order valence-corrected chi connectivity index (χ1v) is 10.3. The predicted octanol–water partition coefficient (Wildman–Crippen LogP) is 4.27. The van der Waals surface area contributed by atoms with Crippen molar-refractivity contribution >= 4 is 17.5 Å². The van der Waals surface area contributed by atoms with Crippen molar-refractivity contribution in [2.24, 2.45) is 5.92 Å². The number of likely N-dealkylation sites (tertiary alicyclic amines) is 1. The van der Waals surface area contributed by atoms with Crippen LogP contribution in [0.15, 0.2) is 48.8 Å². The van der Waals surface area contributed by atoms with Gasteiger partial charge in [0.25, 0.3) is 0 Å². The van der Waals surface area contributed by atoms with Gasteiger partial charge in [-0.05, 0) is 49.1 Å². The van der Waals surface area contributed by atoms with Crippen molar-refractivity contribution in [1.29, 1.82) is 0 Å². The van der Waals surface area contributed by atoms with Crippen molar-refractivity contribution in [3.63, 3.8) is 0 Å². The first-order chi connectivity index (χ1) is 13.0. The van der Waals surface area contributed by atoms with E-state index in [0.717, 1.165) is 31.2 Å². The van der Waals surface area contributed by atoms with Crippen LogP contribution in [0.25, 0.3) is 0 Å². The molecule has 1 saturated carbocycles. The third-order valence-electron chi connectivity index (χ3n) is 6.39. The third kappa shape index (κ3) is 3.92. The van der Waals surface area contributed by atoms with Gasteiger partial charge in [0.05, 0.1) is 18.1 Å². The van der Waals surface area contributed by atoms with Crippen LogP contribution in [-0.2, 0) is 4.79 Å². The lowest BCUT2D eigenvalue weighted by Gasteiger charge is -2.47. The van der Waals surface area contributed by atoms with Gasteiger partial charge in [-0.25, -0.2) is 0 Å². The van der Waals surface area contributed by atoms with Crippen LogP contribution in [0.1, 0.15) is 50.1 Å². The highest BCUT2D eigenvalue weighted by atomic mass is 35.5. The molecule has 1 saturated heterocycles. The average molecular weight is 387 g/mol. The number of fused-ring (bicyclic) bond motifs is 1. The molecule has 1 amide bonds. The Morgan fingerprint density at radius 1 is 1.19 bits per heavy atom. The smallest absolute Gasteiger partial charge is 0.225 e. The molecule has 5 heteroatoms. The molecule has 1 aromatic heterocycles. The molecule has 4 rings (SSSR count). The molecule has 144 valence electrons. The fourth-order valence-electron chi connectivity index (χ4n) is 4.73. The normalized spacial score (nSPS) is 26.4. The van der Waals surface area contributed by atoms with E-state index in [4.69, 9.17) is 11.6 Å². The number of hydrogen-bond acceptors (Lipinski definition) is 2. The van der Waals surface area contributed by atoms with E-state index in [9.17, 15) is 9.90 Å². The number of aliphatic hydroxyl groups is 1. The number of carbonyl (C=O) groups is 1. The van der Waals surface area contributed by atoms with Crippen LogP contribution in [-0.4, -0.2) is 39.2 Å². The molecule has 1 aliphatic heterocycles. The fraction of sp³-hybridized carbons (Fsp3) is 0.500. The Hall–Kier alpha value is -1.78. The van der Waals surface area contributed by atoms with Gasteiger partial charge in [0.1, 0.15) is 0 Å². The molecule has 2 aromatic rings. The Labute approximate surface area is 165 Å². The lowest BCUT2D eigenvalue weighted by molar-refractivity contribution is -0.143. The van der Waals surface area contributed by atoms with E-state index < -0.39 is 5.60 Å². The molecular weight excluding hydrogens is 360 g/mol. The molecule has 1 aromatic carbocycles. The SMILES string of the molecule is O=C(C[C@H](c1ccc(Cl)cc1)n1cccc1)N1CC[C@]2(O)CCCC[C@@H]2C1. The van der Waals surface area contributed by atoms with E-state index in [1.165, 1.54) is 0 Å². The molecule has 2 heterocycles. The zero-order valence-corrected chi connectivity index (χ0v) is 16.3. The van der Waals surface area contributed by atoms with Gasteiger partial charge in [-0.1, -0.05) is 36.6 Å². The van der Waals surface area contributed by atoms with Crippen molar-refractivity contribution in [2.75, 3.05) is 13.1 Å². The number of carbonyl (C=O) groups excluding carboxylic acids is 1. The average Bonchev–Trinajstić information content (AvgIpc) is 3.20. The van der Waals surface area contributed by atoms with E-state index in [1.807, 2.05) is 53.7 Å². The summed E-state index contributed by atoms with van der Waals surface area (Å²) in [6.07, 6.45) is 9.30. The van der Waals surface area contributed by atoms with Crippen molar-refractivity contribution in [2.45, 2.75) is 50.2 Å². The maximum atomic E-state index is 13.1. The summed E-state index contributed by atoms with van der Waals surface area (Å²) in [4.78, 5) is 15.1. The minimum absolute atomic E-state index is 0.0445. The Morgan fingerprint density at radius 2 is 1.93 bits per heavy atom. The van der Waals surface area contributed by atoms with E-state index in [2.05, 4.69) is 4.57 Å². The fourth-order valence-corrected chi connectivity index (χ4v) is 4.85. The topological polar surface area (TPSA) is 45.5 Å². The third-order valence-corrected chi connectivity index (χ3v) is 6.64. The highest BCUT2D eigenvalue weighted by Crippen LogP contribution is 2.40. The van der Waals surface area contributed by atoms with Gasteiger partial charge in [0.15, 0.2) is 0 Å². The second kappa shape index (κ2) is 7.69. The van der Waals surface area contributed by atoms with E-state index >= 15 is 0 Å². The molecule has 3 atom stereocenters. The molecule has 0 bridgehead atoms. The Morgan fingerprint density at radius 3 is 2.67 bits per heavy atom. The molecule has 0 spiro atoms. The van der Waals surface area contributed by atoms with Gasteiger partial charge < -0.3 is 14.6 Å². The van der Waals surface area contributed by atoms with Crippen LogP contribution in [0.3, 0.4) is 0 Å². The Bertz CT molecular complexity index is 774. The quantitative estimate of drug-likeness (QED) is 0.852. The van der Waals surface area contributed by atoms with Gasteiger partial charge >= 0.3 is 0 Å². The summed E-state index contributed by atoms with van der Waals surface area (Å²) in [6.45, 7) is 1.35. The number of aromatic nitrogens is 1. The molecule has 1 N–H and O–H groups in total. The molecule has 2 fully saturated rings. The second-order valence-corrected chi connectivity index (χ2v) is 8.47. The minimum Gasteiger partial charge on any atom is -0.389 e. The zero-order chi connectivity index (χ0) is 18.9. The molecule has 4 nitrogen and oxygen atoms in total. The van der Waals surface area contributed by atoms with Gasteiger partial charge in [0, 0.05) is 36.4 Å². The monoisotopic (exact) mass is 386 g/mol. The van der Waals surface area contributed by atoms with E-state index in [-0.39, 0.29) is 17.9 Å². The van der Waals surface area contributed by atoms with Crippen LogP contribution in [0.2, 0.25) is 5.02 Å². The number of rotatable bonds is 4. The minimum atomic E-state index is -0.551. The standard InChI is InChI=1S/C22H27ClN2O2/c23-19-8-6-17(7-9-19)20(24-12-3-4-13-24)15-21(26)25-14-11-22(27)10-2-1-5-18(22)16-25/h3-4,6-9,12-13,18,20,27H,1-2,5,10-11,14-16H2/t18-,20-,22-/m1/s1. The summed E-state index contributed by atoms with van der Waals surface area (Å²) in [5, 5.41) is 11.6. The summed E-state index contributed by atoms with van der Waals surface area (Å²) >= 11 is 6.04. The summed E-state index contributed by atoms with van der Waals surface area (Å²) in [7, 11) is 0. The van der Waals surface area contributed by atoms with Crippen LogP contribution in [0.4, 0.5) is 0 Å². The molecular formula is C22H27ClN2O2. The number of amides is 1. The lowest BCUT2D eigenvalue weighted by atomic mass is 9.71. The van der Waals surface area contributed by atoms with Crippen molar-refractivity contribution < 1.29 is 9.90 Å². The number of piperidine rings is 1. The first kappa shape index (κ1) is 18.6. The molecule has 1 aliphatic carbocycles. The molecule has 2 aliphatic rings. The number of nitrogens with zero attached hydrogens (tertiary/aromatic N) is 2. The Balaban J connectivity index is 1.50. The molecule has 0 radical (unpaired) electrons. The van der Waals surface area contributed by atoms with Crippen molar-refractivity contribution in [3.05, 3.63) is 59.4 Å². The first-order valence-electron chi connectivity index (χ1n) is 9.93. The van der Waals surface area contributed by atoms with Crippen LogP contribution < -0.4 is 0 Å². The maximum absolute atomic E-state index is 13.1. The summed E-state index contributed by atoms with van der Waals surface area (Å²) in [6, 6.07) is 11.7. The van der Waals surface area contributed by atoms with Gasteiger partial charge in [-0.3, -0.25) is 4.79 Å². The van der Waals surface area contributed by atoms with Crippen LogP contribution >= 0.6 is 11.6 Å². The largest absolute Gasteiger partial charge is 0.389 e. The van der Waals surface area contributed by atoms with Gasteiger partial charge in [-0.15, -0.1) is 0 Å². The van der Waals surface area contributed by atoms with Crippen molar-refractivity contribution in [3.8, 4) is 0 Å². The molecule has 0 unspecified atom stereocenters. The van der Waals surface area contributed by atoms with E-state index in [0.29, 0.717) is 31.0 Å². The molecule has 27 heavy (non-hydrogen) atoms. The highest BCUT2D eigenvalue weighted by Gasteiger charge is 2.43. The summed E-state index contributed by atoms with van der Waals surface area (Å²) in [5.41, 5.74) is 0.528. The zero-order valence-electron chi connectivity index (χ0n) is 15.6. The summed E-state index contributed by atoms with van der Waals surface area (Å²) in [5.74, 6) is 0.390. The maximum Gasteiger partial charge on any atom is 0.225 e. The van der Waals surface area contributed by atoms with Crippen LogP contribution in [0.5, 0.6) is 0 Å². The summed E-state index contributed by atoms with van der Waals surface area (Å²) < 4.78 is 2.09. The second-order valence-electron chi connectivity index (χ2n) is 8.04. The number of halogens is 1. The van der Waals surface area contributed by atoms with Crippen LogP contribution in [0, 0.1) is 5.92 Å².